The van der Waals surface area contributed by atoms with Gasteiger partial charge in [-0.25, -0.2) is 4.99 Å². The van der Waals surface area contributed by atoms with Crippen LogP contribution in [0.5, 0.6) is 0 Å². The second-order valence-electron chi connectivity index (χ2n) is 6.09. The van der Waals surface area contributed by atoms with Crippen LogP contribution < -0.4 is 10.6 Å². The van der Waals surface area contributed by atoms with Gasteiger partial charge in [-0.05, 0) is 43.2 Å². The van der Waals surface area contributed by atoms with E-state index in [4.69, 9.17) is 23.2 Å². The molecule has 0 spiro atoms. The number of para-hydroxylation sites is 1. The number of nitrogens with zero attached hydrogens (tertiary/aromatic N) is 1. The van der Waals surface area contributed by atoms with E-state index in [0.29, 0.717) is 26.8 Å². The molecule has 1 aromatic rings. The summed E-state index contributed by atoms with van der Waals surface area (Å²) in [5.41, 5.74) is 0.380. The Hall–Kier alpha value is -1.50. The zero-order chi connectivity index (χ0) is 18.6. The van der Waals surface area contributed by atoms with Crippen LogP contribution in [-0.4, -0.2) is 23.0 Å². The average molecular weight is 400 g/mol. The lowest BCUT2D eigenvalue weighted by atomic mass is 10.1. The van der Waals surface area contributed by atoms with Crippen LogP contribution in [-0.2, 0) is 9.59 Å². The van der Waals surface area contributed by atoms with E-state index < -0.39 is 0 Å². The highest BCUT2D eigenvalue weighted by Crippen LogP contribution is 2.35. The molecule has 0 bridgehead atoms. The van der Waals surface area contributed by atoms with Crippen LogP contribution in [0.15, 0.2) is 34.2 Å². The zero-order valence-electron chi connectivity index (χ0n) is 14.1. The maximum atomic E-state index is 12.0. The first kappa shape index (κ1) is 19.8. The van der Waals surface area contributed by atoms with Gasteiger partial charge in [0.1, 0.15) is 5.69 Å². The van der Waals surface area contributed by atoms with E-state index in [1.807, 2.05) is 6.92 Å². The molecular formula is C17H19Cl2N3O2S. The van der Waals surface area contributed by atoms with Gasteiger partial charge in [0.15, 0.2) is 5.17 Å². The third kappa shape index (κ3) is 5.76. The van der Waals surface area contributed by atoms with Gasteiger partial charge in [0.05, 0.1) is 15.0 Å². The van der Waals surface area contributed by atoms with Crippen molar-refractivity contribution in [2.75, 3.05) is 0 Å². The lowest BCUT2D eigenvalue weighted by molar-refractivity contribution is -0.118. The van der Waals surface area contributed by atoms with E-state index in [2.05, 4.69) is 29.5 Å². The first-order valence-corrected chi connectivity index (χ1v) is 9.37. The Morgan fingerprint density at radius 1 is 1.32 bits per heavy atom. The Bertz CT molecular complexity index is 727. The Balaban J connectivity index is 2.09. The molecule has 0 aromatic heterocycles. The summed E-state index contributed by atoms with van der Waals surface area (Å²) in [6.45, 7) is 6.11. The largest absolute Gasteiger partial charge is 0.350 e. The van der Waals surface area contributed by atoms with E-state index >= 15 is 0 Å². The molecule has 1 heterocycles. The summed E-state index contributed by atoms with van der Waals surface area (Å²) in [6.07, 6.45) is 2.15. The summed E-state index contributed by atoms with van der Waals surface area (Å²) >= 11 is 13.2. The Labute approximate surface area is 161 Å². The number of halogens is 2. The summed E-state index contributed by atoms with van der Waals surface area (Å²) in [4.78, 5) is 28.6. The molecule has 1 saturated heterocycles. The van der Waals surface area contributed by atoms with Crippen LogP contribution in [0.2, 0.25) is 10.0 Å². The lowest BCUT2D eigenvalue weighted by Gasteiger charge is -2.14. The summed E-state index contributed by atoms with van der Waals surface area (Å²) in [6, 6.07) is 5.07. The van der Waals surface area contributed by atoms with E-state index in [1.165, 1.54) is 6.08 Å². The Morgan fingerprint density at radius 3 is 2.56 bits per heavy atom. The number of amides is 2. The molecule has 2 N–H and O–H groups in total. The topological polar surface area (TPSA) is 70.6 Å². The normalized spacial score (nSPS) is 18.7. The standard InChI is InChI=1S/C17H19Cl2N3O2S/c1-9(2)7-10(3)20-14(23)8-13-16(24)22-17(25-13)21-15-11(18)5-4-6-12(15)19/h4-6,8-10H,7H2,1-3H3,(H,20,23)(H,21,22,24). The van der Waals surface area contributed by atoms with Crippen molar-refractivity contribution in [1.29, 1.82) is 0 Å². The molecule has 1 aromatic carbocycles. The van der Waals surface area contributed by atoms with Gasteiger partial charge in [-0.15, -0.1) is 0 Å². The van der Waals surface area contributed by atoms with Gasteiger partial charge in [0.25, 0.3) is 5.91 Å². The number of thioether (sulfide) groups is 1. The van der Waals surface area contributed by atoms with Crippen molar-refractivity contribution in [3.63, 3.8) is 0 Å². The van der Waals surface area contributed by atoms with Crippen LogP contribution in [0.1, 0.15) is 27.2 Å². The van der Waals surface area contributed by atoms with Gasteiger partial charge in [-0.3, -0.25) is 9.59 Å². The van der Waals surface area contributed by atoms with Gasteiger partial charge in [-0.1, -0.05) is 43.1 Å². The third-order valence-electron chi connectivity index (χ3n) is 3.28. The highest BCUT2D eigenvalue weighted by molar-refractivity contribution is 8.18. The molecule has 2 amide bonds. The summed E-state index contributed by atoms with van der Waals surface area (Å²) in [5.74, 6) is -0.201. The molecule has 1 aliphatic heterocycles. The monoisotopic (exact) mass is 399 g/mol. The molecule has 134 valence electrons. The number of carbonyl (C=O) groups excluding carboxylic acids is 2. The third-order valence-corrected chi connectivity index (χ3v) is 4.80. The van der Waals surface area contributed by atoms with Gasteiger partial charge in [0.2, 0.25) is 5.91 Å². The van der Waals surface area contributed by atoms with Crippen LogP contribution in [0, 0.1) is 5.92 Å². The zero-order valence-corrected chi connectivity index (χ0v) is 16.4. The summed E-state index contributed by atoms with van der Waals surface area (Å²) < 4.78 is 0. The molecule has 0 aliphatic carbocycles. The van der Waals surface area contributed by atoms with Crippen molar-refractivity contribution >= 4 is 57.6 Å². The van der Waals surface area contributed by atoms with Crippen LogP contribution in [0.3, 0.4) is 0 Å². The molecular weight excluding hydrogens is 381 g/mol. The smallest absolute Gasteiger partial charge is 0.264 e. The molecule has 1 atom stereocenters. The van der Waals surface area contributed by atoms with Gasteiger partial charge >= 0.3 is 0 Å². The number of hydrogen-bond acceptors (Lipinski definition) is 4. The highest BCUT2D eigenvalue weighted by atomic mass is 35.5. The van der Waals surface area contributed by atoms with Crippen molar-refractivity contribution in [3.05, 3.63) is 39.2 Å². The molecule has 1 unspecified atom stereocenters. The van der Waals surface area contributed by atoms with Gasteiger partial charge < -0.3 is 10.6 Å². The summed E-state index contributed by atoms with van der Waals surface area (Å²) in [7, 11) is 0. The van der Waals surface area contributed by atoms with Crippen molar-refractivity contribution in [2.24, 2.45) is 10.9 Å². The molecule has 1 aliphatic rings. The minimum Gasteiger partial charge on any atom is -0.350 e. The molecule has 1 fully saturated rings. The van der Waals surface area contributed by atoms with E-state index in [-0.39, 0.29) is 22.8 Å². The number of aliphatic imine (C=N–C) groups is 1. The maximum Gasteiger partial charge on any atom is 0.264 e. The highest BCUT2D eigenvalue weighted by Gasteiger charge is 2.25. The molecule has 8 heteroatoms. The molecule has 5 nitrogen and oxygen atoms in total. The van der Waals surface area contributed by atoms with Gasteiger partial charge in [0, 0.05) is 12.1 Å². The van der Waals surface area contributed by atoms with E-state index in [9.17, 15) is 9.59 Å². The number of nitrogens with one attached hydrogen (secondary N) is 2. The quantitative estimate of drug-likeness (QED) is 0.725. The SMILES string of the molecule is CC(C)CC(C)NC(=O)C=C1SC(=Nc2c(Cl)cccc2Cl)NC1=O. The van der Waals surface area contributed by atoms with Crippen molar-refractivity contribution in [3.8, 4) is 0 Å². The van der Waals surface area contributed by atoms with Crippen molar-refractivity contribution < 1.29 is 9.59 Å². The number of benzene rings is 1. The second kappa shape index (κ2) is 8.74. The number of amidine groups is 1. The number of rotatable bonds is 5. The number of hydrogen-bond donors (Lipinski definition) is 2. The van der Waals surface area contributed by atoms with E-state index in [0.717, 1.165) is 18.2 Å². The predicted octanol–water partition coefficient (Wildman–Crippen LogP) is 4.28. The Kier molecular flexibility index (Phi) is 6.93. The van der Waals surface area contributed by atoms with Gasteiger partial charge in [-0.2, -0.15) is 0 Å². The predicted molar refractivity (Wildman–Crippen MR) is 104 cm³/mol. The van der Waals surface area contributed by atoms with Crippen LogP contribution in [0.4, 0.5) is 5.69 Å². The minimum atomic E-state index is -0.376. The van der Waals surface area contributed by atoms with Crippen LogP contribution in [0.25, 0.3) is 0 Å². The van der Waals surface area contributed by atoms with Crippen molar-refractivity contribution in [2.45, 2.75) is 33.2 Å². The fraction of sp³-hybridized carbons (Fsp3) is 0.353. The number of carbonyl (C=O) groups is 2. The average Bonchev–Trinajstić information content (AvgIpc) is 2.82. The summed E-state index contributed by atoms with van der Waals surface area (Å²) in [5, 5.41) is 6.55. The molecule has 0 radical (unpaired) electrons. The fourth-order valence-corrected chi connectivity index (χ4v) is 3.63. The molecule has 0 saturated carbocycles. The minimum absolute atomic E-state index is 0.0360. The fourth-order valence-electron chi connectivity index (χ4n) is 2.35. The molecule has 2 rings (SSSR count). The first-order chi connectivity index (χ1) is 11.8. The van der Waals surface area contributed by atoms with Crippen molar-refractivity contribution in [1.82, 2.24) is 10.6 Å². The van der Waals surface area contributed by atoms with Crippen LogP contribution >= 0.6 is 35.0 Å². The first-order valence-electron chi connectivity index (χ1n) is 7.80. The lowest BCUT2D eigenvalue weighted by Crippen LogP contribution is -2.32. The maximum absolute atomic E-state index is 12.0. The second-order valence-corrected chi connectivity index (χ2v) is 7.94. The van der Waals surface area contributed by atoms with E-state index in [1.54, 1.807) is 18.2 Å². The molecule has 25 heavy (non-hydrogen) atoms. The Morgan fingerprint density at radius 2 is 1.96 bits per heavy atom.